The Hall–Kier alpha value is -3.39. The van der Waals surface area contributed by atoms with Gasteiger partial charge in [0.1, 0.15) is 11.3 Å². The van der Waals surface area contributed by atoms with Gasteiger partial charge < -0.3 is 14.5 Å². The van der Waals surface area contributed by atoms with Crippen molar-refractivity contribution in [2.24, 2.45) is 0 Å². The van der Waals surface area contributed by atoms with Gasteiger partial charge in [-0.05, 0) is 72.4 Å². The van der Waals surface area contributed by atoms with Crippen LogP contribution >= 0.6 is 35.4 Å². The van der Waals surface area contributed by atoms with Crippen LogP contribution in [-0.2, 0) is 4.79 Å². The van der Waals surface area contributed by atoms with Crippen molar-refractivity contribution in [2.45, 2.75) is 0 Å². The summed E-state index contributed by atoms with van der Waals surface area (Å²) in [6.45, 7) is 0. The van der Waals surface area contributed by atoms with E-state index in [0.29, 0.717) is 44.0 Å². The van der Waals surface area contributed by atoms with Crippen LogP contribution < -0.4 is 15.4 Å². The van der Waals surface area contributed by atoms with Crippen LogP contribution in [0.5, 0.6) is 5.75 Å². The zero-order valence-electron chi connectivity index (χ0n) is 17.3. The van der Waals surface area contributed by atoms with Crippen molar-refractivity contribution in [3.8, 4) is 17.2 Å². The van der Waals surface area contributed by atoms with Crippen molar-refractivity contribution in [3.63, 3.8) is 0 Å². The summed E-state index contributed by atoms with van der Waals surface area (Å²) < 4.78 is 11.0. The lowest BCUT2D eigenvalue weighted by Gasteiger charge is -2.08. The average molecular weight is 498 g/mol. The first-order chi connectivity index (χ1) is 15.9. The van der Waals surface area contributed by atoms with Gasteiger partial charge in [0, 0.05) is 33.4 Å². The van der Waals surface area contributed by atoms with E-state index in [1.165, 1.54) is 6.08 Å². The molecule has 0 unspecified atom stereocenters. The van der Waals surface area contributed by atoms with E-state index in [1.54, 1.807) is 31.4 Å². The number of carbonyl (C=O) groups excluding carboxylic acids is 1. The van der Waals surface area contributed by atoms with Crippen LogP contribution in [0.1, 0.15) is 5.56 Å². The summed E-state index contributed by atoms with van der Waals surface area (Å²) in [6, 6.07) is 17.8. The zero-order chi connectivity index (χ0) is 23.4. The molecule has 1 amide bonds. The first-order valence-corrected chi connectivity index (χ1v) is 10.9. The van der Waals surface area contributed by atoms with Gasteiger partial charge in [0.2, 0.25) is 11.8 Å². The molecule has 0 aliphatic rings. The van der Waals surface area contributed by atoms with E-state index in [0.717, 1.165) is 5.56 Å². The maximum atomic E-state index is 12.1. The quantitative estimate of drug-likeness (QED) is 0.247. The van der Waals surface area contributed by atoms with Gasteiger partial charge in [-0.3, -0.25) is 10.1 Å². The first kappa shape index (κ1) is 22.8. The number of ether oxygens (including phenoxy) is 1. The number of nitrogens with zero attached hydrogens (tertiary/aromatic N) is 1. The van der Waals surface area contributed by atoms with Crippen LogP contribution in [0, 0.1) is 0 Å². The molecule has 2 N–H and O–H groups in total. The number of anilines is 1. The van der Waals surface area contributed by atoms with Gasteiger partial charge >= 0.3 is 0 Å². The Morgan fingerprint density at radius 1 is 1.09 bits per heavy atom. The Morgan fingerprint density at radius 2 is 1.88 bits per heavy atom. The monoisotopic (exact) mass is 497 g/mol. The Labute approximate surface area is 205 Å². The number of halogens is 2. The maximum Gasteiger partial charge on any atom is 0.250 e. The molecule has 4 rings (SSSR count). The lowest BCUT2D eigenvalue weighted by Crippen LogP contribution is -2.32. The van der Waals surface area contributed by atoms with Crippen LogP contribution in [0.2, 0.25) is 10.0 Å². The number of hydrogen-bond acceptors (Lipinski definition) is 5. The Morgan fingerprint density at radius 3 is 2.61 bits per heavy atom. The summed E-state index contributed by atoms with van der Waals surface area (Å²) >= 11 is 17.2. The van der Waals surface area contributed by atoms with Gasteiger partial charge in [-0.2, -0.15) is 0 Å². The maximum absolute atomic E-state index is 12.1. The number of thiocarbonyl (C=S) groups is 1. The molecule has 0 radical (unpaired) electrons. The number of aromatic nitrogens is 1. The van der Waals surface area contributed by atoms with E-state index in [2.05, 4.69) is 15.6 Å². The lowest BCUT2D eigenvalue weighted by molar-refractivity contribution is -0.115. The number of benzene rings is 3. The van der Waals surface area contributed by atoms with Crippen molar-refractivity contribution in [1.29, 1.82) is 0 Å². The molecule has 3 aromatic carbocycles. The van der Waals surface area contributed by atoms with Crippen LogP contribution in [0.4, 0.5) is 5.69 Å². The molecule has 1 heterocycles. The van der Waals surface area contributed by atoms with Gasteiger partial charge in [-0.25, -0.2) is 4.98 Å². The normalized spacial score (nSPS) is 11.0. The topological polar surface area (TPSA) is 76.4 Å². The standard InChI is InChI=1S/C24H17Cl2N3O3S/c1-31-18-9-10-21-20(13-18)28-23(32-21)15-3-7-17(8-4-15)27-24(33)29-22(30)11-5-14-2-6-16(25)12-19(14)26/h2-13H,1H3,(H2,27,29,30,33)/b11-5+. The summed E-state index contributed by atoms with van der Waals surface area (Å²) in [6.07, 6.45) is 2.93. The van der Waals surface area contributed by atoms with E-state index in [-0.39, 0.29) is 5.11 Å². The molecule has 0 spiro atoms. The van der Waals surface area contributed by atoms with Gasteiger partial charge in [0.05, 0.1) is 7.11 Å². The minimum absolute atomic E-state index is 0.161. The van der Waals surface area contributed by atoms with Crippen LogP contribution in [0.25, 0.3) is 28.6 Å². The third kappa shape index (κ3) is 5.70. The third-order valence-electron chi connectivity index (χ3n) is 4.60. The smallest absolute Gasteiger partial charge is 0.250 e. The summed E-state index contributed by atoms with van der Waals surface area (Å²) in [5, 5.41) is 6.68. The largest absolute Gasteiger partial charge is 0.497 e. The molecule has 33 heavy (non-hydrogen) atoms. The molecule has 166 valence electrons. The number of carbonyl (C=O) groups is 1. The van der Waals surface area contributed by atoms with Crippen LogP contribution in [-0.4, -0.2) is 23.1 Å². The number of rotatable bonds is 5. The molecule has 0 saturated carbocycles. The van der Waals surface area contributed by atoms with E-state index >= 15 is 0 Å². The highest BCUT2D eigenvalue weighted by Gasteiger charge is 2.10. The summed E-state index contributed by atoms with van der Waals surface area (Å²) in [5.74, 6) is 0.812. The summed E-state index contributed by atoms with van der Waals surface area (Å²) in [4.78, 5) is 16.6. The highest BCUT2D eigenvalue weighted by Crippen LogP contribution is 2.27. The second kappa shape index (κ2) is 10.0. The number of methoxy groups -OCH3 is 1. The molecule has 0 bridgehead atoms. The van der Waals surface area contributed by atoms with E-state index in [4.69, 9.17) is 44.6 Å². The summed E-state index contributed by atoms with van der Waals surface area (Å²) in [5.41, 5.74) is 3.55. The Kier molecular flexibility index (Phi) is 6.93. The predicted octanol–water partition coefficient (Wildman–Crippen LogP) is 6.34. The highest BCUT2D eigenvalue weighted by atomic mass is 35.5. The van der Waals surface area contributed by atoms with E-state index in [9.17, 15) is 4.79 Å². The number of fused-ring (bicyclic) bond motifs is 1. The van der Waals surface area contributed by atoms with Crippen molar-refractivity contribution >= 4 is 69.3 Å². The Bertz CT molecular complexity index is 1370. The van der Waals surface area contributed by atoms with Crippen molar-refractivity contribution in [1.82, 2.24) is 10.3 Å². The minimum atomic E-state index is -0.392. The molecule has 9 heteroatoms. The zero-order valence-corrected chi connectivity index (χ0v) is 19.6. The Balaban J connectivity index is 1.37. The molecule has 0 atom stereocenters. The second-order valence-corrected chi connectivity index (χ2v) is 8.12. The molecule has 0 aliphatic heterocycles. The van der Waals surface area contributed by atoms with Gasteiger partial charge in [0.15, 0.2) is 10.7 Å². The predicted molar refractivity (Wildman–Crippen MR) is 136 cm³/mol. The second-order valence-electron chi connectivity index (χ2n) is 6.87. The molecule has 4 aromatic rings. The van der Waals surface area contributed by atoms with Crippen molar-refractivity contribution in [2.75, 3.05) is 12.4 Å². The number of amides is 1. The summed E-state index contributed by atoms with van der Waals surface area (Å²) in [7, 11) is 1.60. The molecular weight excluding hydrogens is 481 g/mol. The van der Waals surface area contributed by atoms with Gasteiger partial charge in [-0.15, -0.1) is 0 Å². The molecule has 0 saturated heterocycles. The fourth-order valence-corrected chi connectivity index (χ4v) is 3.66. The fraction of sp³-hybridized carbons (Fsp3) is 0.0417. The van der Waals surface area contributed by atoms with E-state index in [1.807, 2.05) is 42.5 Å². The first-order valence-electron chi connectivity index (χ1n) is 9.71. The minimum Gasteiger partial charge on any atom is -0.497 e. The van der Waals surface area contributed by atoms with E-state index < -0.39 is 5.91 Å². The fourth-order valence-electron chi connectivity index (χ4n) is 2.97. The lowest BCUT2D eigenvalue weighted by atomic mass is 10.2. The SMILES string of the molecule is COc1ccc2oc(-c3ccc(NC(=S)NC(=O)/C=C/c4ccc(Cl)cc4Cl)cc3)nc2c1. The molecule has 0 aliphatic carbocycles. The molecule has 1 aromatic heterocycles. The molecular formula is C24H17Cl2N3O3S. The van der Waals surface area contributed by atoms with Gasteiger partial charge in [-0.1, -0.05) is 29.3 Å². The number of nitrogens with one attached hydrogen (secondary N) is 2. The van der Waals surface area contributed by atoms with Crippen LogP contribution in [0.15, 0.2) is 71.2 Å². The number of hydrogen-bond donors (Lipinski definition) is 2. The third-order valence-corrected chi connectivity index (χ3v) is 5.36. The highest BCUT2D eigenvalue weighted by molar-refractivity contribution is 7.80. The molecule has 0 fully saturated rings. The van der Waals surface area contributed by atoms with Crippen molar-refractivity contribution in [3.05, 3.63) is 82.3 Å². The van der Waals surface area contributed by atoms with Crippen LogP contribution in [0.3, 0.4) is 0 Å². The average Bonchev–Trinajstić information content (AvgIpc) is 3.22. The number of oxazole rings is 1. The molecule has 6 nitrogen and oxygen atoms in total. The van der Waals surface area contributed by atoms with Crippen molar-refractivity contribution < 1.29 is 13.9 Å². The van der Waals surface area contributed by atoms with Gasteiger partial charge in [0.25, 0.3) is 0 Å².